The van der Waals surface area contributed by atoms with Crippen molar-refractivity contribution >= 4 is 5.91 Å². The molecule has 3 N–H and O–H groups in total. The first kappa shape index (κ1) is 8.29. The van der Waals surface area contributed by atoms with E-state index in [4.69, 9.17) is 0 Å². The van der Waals surface area contributed by atoms with Crippen LogP contribution in [0.1, 0.15) is 6.92 Å². The third-order valence-electron chi connectivity index (χ3n) is 0.573. The molecule has 0 atom stereocenters. The molecule has 0 radical (unpaired) electrons. The lowest BCUT2D eigenvalue weighted by Crippen LogP contribution is -2.42. The quantitative estimate of drug-likeness (QED) is 0.513. The van der Waals surface area contributed by atoms with Crippen molar-refractivity contribution in [2.45, 2.75) is 13.0 Å². The molecular weight excluding hydrogens is 130 g/mol. The number of hydrogen-bond donors (Lipinski definition) is 2. The van der Waals surface area contributed by atoms with E-state index in [0.717, 1.165) is 6.92 Å². The lowest BCUT2D eigenvalue weighted by Gasteiger charge is -2.08. The summed E-state index contributed by atoms with van der Waals surface area (Å²) in [5, 5.41) is 1.87. The van der Waals surface area contributed by atoms with Gasteiger partial charge in [0.15, 0.2) is 0 Å². The van der Waals surface area contributed by atoms with E-state index in [-0.39, 0.29) is 0 Å². The molecule has 0 aliphatic rings. The van der Waals surface area contributed by atoms with E-state index in [1.807, 2.05) is 5.32 Å². The zero-order chi connectivity index (χ0) is 7.49. The molecule has 0 aliphatic carbocycles. The van der Waals surface area contributed by atoms with Crippen LogP contribution in [0.4, 0.5) is 8.78 Å². The first-order valence-electron chi connectivity index (χ1n) is 2.33. The highest BCUT2D eigenvalue weighted by molar-refractivity contribution is 5.72. The first-order valence-corrected chi connectivity index (χ1v) is 2.33. The molecule has 0 aromatic carbocycles. The van der Waals surface area contributed by atoms with Crippen molar-refractivity contribution in [2.75, 3.05) is 6.54 Å². The molecule has 9 heavy (non-hydrogen) atoms. The number of hydrogen-bond acceptors (Lipinski definition) is 2. The molecule has 0 fully saturated rings. The van der Waals surface area contributed by atoms with Crippen LogP contribution in [-0.4, -0.2) is 18.5 Å². The lowest BCUT2D eigenvalue weighted by atomic mass is 10.5. The maximum absolute atomic E-state index is 11.6. The Hall–Kier alpha value is -0.710. The molecule has 0 saturated heterocycles. The molecule has 54 valence electrons. The Balaban J connectivity index is 3.39. The highest BCUT2D eigenvalue weighted by Gasteiger charge is 2.21. The first-order chi connectivity index (χ1) is 3.92. The largest absolute Gasteiger partial charge is 0.349 e. The van der Waals surface area contributed by atoms with E-state index in [1.165, 1.54) is 0 Å². The zero-order valence-corrected chi connectivity index (χ0v) is 4.95. The molecule has 0 spiro atoms. The molecule has 0 unspecified atom stereocenters. The summed E-state index contributed by atoms with van der Waals surface area (Å²) in [7, 11) is 0. The molecule has 0 saturated carbocycles. The Morgan fingerprint density at radius 1 is 1.78 bits per heavy atom. The second-order valence-corrected chi connectivity index (χ2v) is 1.67. The fourth-order valence-electron chi connectivity index (χ4n) is 0.242. The van der Waals surface area contributed by atoms with E-state index in [1.54, 1.807) is 0 Å². The molecule has 0 bridgehead atoms. The van der Waals surface area contributed by atoms with Crippen LogP contribution in [0.25, 0.3) is 0 Å². The second-order valence-electron chi connectivity index (χ2n) is 1.67. The molecule has 0 aliphatic heterocycles. The smallest absolute Gasteiger partial charge is 0.317 e. The Bertz CT molecular complexity index is 110. The van der Waals surface area contributed by atoms with E-state index in [9.17, 15) is 13.6 Å². The minimum Gasteiger partial charge on any atom is -0.349 e. The standard InChI is InChI=1S/C4H8F2N2O/c1-3(9)8-2-4(5,6)7/h2,7H2,1H3,(H,8,9). The zero-order valence-electron chi connectivity index (χ0n) is 4.95. The molecule has 0 aromatic heterocycles. The van der Waals surface area contributed by atoms with E-state index >= 15 is 0 Å². The van der Waals surface area contributed by atoms with Crippen LogP contribution < -0.4 is 11.1 Å². The van der Waals surface area contributed by atoms with Crippen molar-refractivity contribution < 1.29 is 13.6 Å². The van der Waals surface area contributed by atoms with Gasteiger partial charge in [-0.1, -0.05) is 0 Å². The molecule has 1 amide bonds. The normalized spacial score (nSPS) is 11.1. The average molecular weight is 138 g/mol. The van der Waals surface area contributed by atoms with Crippen LogP contribution in [0.2, 0.25) is 0 Å². The number of rotatable bonds is 2. The van der Waals surface area contributed by atoms with Crippen LogP contribution in [0.15, 0.2) is 0 Å². The summed E-state index contributed by atoms with van der Waals surface area (Å²) in [5.74, 6) is -0.514. The number of amides is 1. The summed E-state index contributed by atoms with van der Waals surface area (Å²) in [6, 6.07) is -3.30. The topological polar surface area (TPSA) is 55.1 Å². The van der Waals surface area contributed by atoms with E-state index in [2.05, 4.69) is 5.73 Å². The Morgan fingerprint density at radius 3 is 2.33 bits per heavy atom. The van der Waals surface area contributed by atoms with Crippen LogP contribution in [0.5, 0.6) is 0 Å². The van der Waals surface area contributed by atoms with E-state index < -0.39 is 18.5 Å². The Morgan fingerprint density at radius 2 is 2.22 bits per heavy atom. The SMILES string of the molecule is CC(=O)NCC(N)(F)F. The van der Waals surface area contributed by atoms with E-state index in [0.29, 0.717) is 0 Å². The number of nitrogens with one attached hydrogen (secondary N) is 1. The molecule has 0 aromatic rings. The summed E-state index contributed by atoms with van der Waals surface area (Å²) >= 11 is 0. The molecule has 3 nitrogen and oxygen atoms in total. The number of carbonyl (C=O) groups is 1. The van der Waals surface area contributed by atoms with Crippen molar-refractivity contribution in [3.05, 3.63) is 0 Å². The van der Waals surface area contributed by atoms with Gasteiger partial charge in [-0.15, -0.1) is 0 Å². The minimum absolute atomic E-state index is 0.514. The van der Waals surface area contributed by atoms with Crippen molar-refractivity contribution in [3.8, 4) is 0 Å². The van der Waals surface area contributed by atoms with Gasteiger partial charge in [-0.25, -0.2) is 0 Å². The van der Waals surface area contributed by atoms with Crippen LogP contribution >= 0.6 is 0 Å². The Kier molecular flexibility index (Phi) is 2.51. The van der Waals surface area contributed by atoms with Crippen molar-refractivity contribution in [1.82, 2.24) is 5.32 Å². The van der Waals surface area contributed by atoms with Gasteiger partial charge in [-0.3, -0.25) is 10.5 Å². The Labute approximate surface area is 51.2 Å². The number of alkyl halides is 2. The maximum Gasteiger partial charge on any atom is 0.317 e. The summed E-state index contributed by atoms with van der Waals surface area (Å²) in [5.41, 5.74) is 4.24. The third-order valence-corrected chi connectivity index (χ3v) is 0.573. The number of nitrogens with two attached hydrogens (primary N) is 1. The fraction of sp³-hybridized carbons (Fsp3) is 0.750. The molecule has 5 heteroatoms. The predicted molar refractivity (Wildman–Crippen MR) is 27.8 cm³/mol. The van der Waals surface area contributed by atoms with Gasteiger partial charge in [0.25, 0.3) is 0 Å². The van der Waals surface area contributed by atoms with Crippen LogP contribution in [0, 0.1) is 0 Å². The van der Waals surface area contributed by atoms with Gasteiger partial charge < -0.3 is 5.32 Å². The van der Waals surface area contributed by atoms with Gasteiger partial charge in [0, 0.05) is 6.92 Å². The van der Waals surface area contributed by atoms with Gasteiger partial charge in [-0.05, 0) is 0 Å². The third kappa shape index (κ3) is 7.29. The maximum atomic E-state index is 11.6. The van der Waals surface area contributed by atoms with Gasteiger partial charge in [0.05, 0.1) is 6.54 Å². The molecule has 0 rings (SSSR count). The lowest BCUT2D eigenvalue weighted by molar-refractivity contribution is -0.120. The van der Waals surface area contributed by atoms with Crippen LogP contribution in [0.3, 0.4) is 0 Å². The van der Waals surface area contributed by atoms with Gasteiger partial charge in [0.2, 0.25) is 5.91 Å². The summed E-state index contributed by atoms with van der Waals surface area (Å²) in [4.78, 5) is 9.99. The fourth-order valence-corrected chi connectivity index (χ4v) is 0.242. The van der Waals surface area contributed by atoms with Crippen molar-refractivity contribution in [2.24, 2.45) is 5.73 Å². The average Bonchev–Trinajstić information content (AvgIpc) is 1.59. The minimum atomic E-state index is -3.30. The molecular formula is C4H8F2N2O. The van der Waals surface area contributed by atoms with Gasteiger partial charge >= 0.3 is 6.05 Å². The van der Waals surface area contributed by atoms with Crippen molar-refractivity contribution in [1.29, 1.82) is 0 Å². The second kappa shape index (κ2) is 2.72. The van der Waals surface area contributed by atoms with Gasteiger partial charge in [0.1, 0.15) is 0 Å². The number of halogens is 2. The predicted octanol–water partition coefficient (Wildman–Crippen LogP) is -0.326. The summed E-state index contributed by atoms with van der Waals surface area (Å²) in [6.45, 7) is 0.341. The summed E-state index contributed by atoms with van der Waals surface area (Å²) < 4.78 is 23.3. The summed E-state index contributed by atoms with van der Waals surface area (Å²) in [6.07, 6.45) is 0. The van der Waals surface area contributed by atoms with Crippen LogP contribution in [-0.2, 0) is 4.79 Å². The van der Waals surface area contributed by atoms with Gasteiger partial charge in [-0.2, -0.15) is 8.78 Å². The number of carbonyl (C=O) groups excluding carboxylic acids is 1. The highest BCUT2D eigenvalue weighted by Crippen LogP contribution is 1.99. The monoisotopic (exact) mass is 138 g/mol. The van der Waals surface area contributed by atoms with Crippen molar-refractivity contribution in [3.63, 3.8) is 0 Å². The highest BCUT2D eigenvalue weighted by atomic mass is 19.3. The molecule has 0 heterocycles.